The van der Waals surface area contributed by atoms with Gasteiger partial charge in [0.1, 0.15) is 22.6 Å². The monoisotopic (exact) mass is 389 g/mol. The number of benzene rings is 1. The summed E-state index contributed by atoms with van der Waals surface area (Å²) in [6.07, 6.45) is 0.791. The molecule has 6 heteroatoms. The minimum absolute atomic E-state index is 0.138. The summed E-state index contributed by atoms with van der Waals surface area (Å²) in [6, 6.07) is 7.89. The number of aryl methyl sites for hydroxylation is 1. The van der Waals surface area contributed by atoms with Gasteiger partial charge >= 0.3 is 5.97 Å². The van der Waals surface area contributed by atoms with E-state index in [9.17, 15) is 9.59 Å². The van der Waals surface area contributed by atoms with E-state index < -0.39 is 19.9 Å². The Bertz CT molecular complexity index is 808. The number of carbonyl (C=O) groups is 1. The molecule has 0 radical (unpaired) electrons. The molecule has 5 nitrogen and oxygen atoms in total. The van der Waals surface area contributed by atoms with E-state index in [2.05, 4.69) is 19.0 Å². The maximum Gasteiger partial charge on any atom is 0.344 e. The average Bonchev–Trinajstić information content (AvgIpc) is 2.86. The van der Waals surface area contributed by atoms with Gasteiger partial charge in [-0.2, -0.15) is 0 Å². The fourth-order valence-corrected chi connectivity index (χ4v) is 3.28. The van der Waals surface area contributed by atoms with Crippen molar-refractivity contribution in [2.45, 2.75) is 71.7 Å². The van der Waals surface area contributed by atoms with Crippen molar-refractivity contribution in [3.8, 4) is 11.3 Å². The number of hydrogen-bond donors (Lipinski definition) is 1. The first kappa shape index (κ1) is 21.4. The molecular weight excluding hydrogens is 358 g/mol. The highest BCUT2D eigenvalue weighted by Gasteiger charge is 2.38. The van der Waals surface area contributed by atoms with Crippen molar-refractivity contribution in [3.63, 3.8) is 0 Å². The van der Waals surface area contributed by atoms with Gasteiger partial charge in [-0.05, 0) is 57.8 Å². The van der Waals surface area contributed by atoms with Crippen molar-refractivity contribution in [1.29, 1.82) is 0 Å². The lowest BCUT2D eigenvalue weighted by atomic mass is 9.99. The Balaban J connectivity index is 2.30. The molecule has 27 heavy (non-hydrogen) atoms. The fraction of sp³-hybridized carbons (Fsp3) is 0.524. The number of ether oxygens (including phenoxy) is 1. The number of hydrogen-bond acceptors (Lipinski definition) is 5. The highest BCUT2D eigenvalue weighted by atomic mass is 28.4. The van der Waals surface area contributed by atoms with E-state index in [1.807, 2.05) is 58.1 Å². The molecule has 1 aromatic carbocycles. The molecule has 0 spiro atoms. The molecule has 148 valence electrons. The van der Waals surface area contributed by atoms with Crippen molar-refractivity contribution >= 4 is 14.3 Å². The first-order valence-electron chi connectivity index (χ1n) is 9.22. The molecule has 0 aliphatic carbocycles. The molecule has 1 heterocycles. The standard InChI is InChI=1S/C21H31NO4Si/c1-14-17(19(23)25-20(2,3)4)18(22-26-14)16-11-9-15(10-12-16)13-21(5,6)27(7,8)24/h9-12,24H,13H2,1-8H3. The van der Waals surface area contributed by atoms with Gasteiger partial charge in [-0.3, -0.25) is 0 Å². The summed E-state index contributed by atoms with van der Waals surface area (Å²) in [7, 11) is -2.28. The van der Waals surface area contributed by atoms with Crippen molar-refractivity contribution in [1.82, 2.24) is 5.16 Å². The smallest absolute Gasteiger partial charge is 0.344 e. The van der Waals surface area contributed by atoms with Gasteiger partial charge in [0.2, 0.25) is 0 Å². The quantitative estimate of drug-likeness (QED) is 0.567. The second-order valence-electron chi connectivity index (χ2n) is 9.28. The van der Waals surface area contributed by atoms with E-state index >= 15 is 0 Å². The molecule has 0 bridgehead atoms. The van der Waals surface area contributed by atoms with E-state index in [0.717, 1.165) is 17.5 Å². The summed E-state index contributed by atoms with van der Waals surface area (Å²) in [5, 5.41) is 3.93. The van der Waals surface area contributed by atoms with Crippen LogP contribution in [0.4, 0.5) is 0 Å². The van der Waals surface area contributed by atoms with Crippen molar-refractivity contribution in [2.24, 2.45) is 0 Å². The van der Waals surface area contributed by atoms with Crippen LogP contribution in [0.1, 0.15) is 56.3 Å². The van der Waals surface area contributed by atoms with Crippen LogP contribution in [0, 0.1) is 6.92 Å². The van der Waals surface area contributed by atoms with E-state index in [-0.39, 0.29) is 5.04 Å². The largest absolute Gasteiger partial charge is 0.456 e. The molecule has 0 saturated carbocycles. The summed E-state index contributed by atoms with van der Waals surface area (Å²) in [4.78, 5) is 23.1. The third-order valence-electron chi connectivity index (χ3n) is 5.00. The normalized spacial score (nSPS) is 12.9. The predicted octanol–water partition coefficient (Wildman–Crippen LogP) is 5.13. The summed E-state index contributed by atoms with van der Waals surface area (Å²) >= 11 is 0. The van der Waals surface area contributed by atoms with Gasteiger partial charge in [-0.1, -0.05) is 43.3 Å². The second-order valence-corrected chi connectivity index (χ2v) is 13.8. The van der Waals surface area contributed by atoms with Gasteiger partial charge < -0.3 is 14.1 Å². The number of carbonyl (C=O) groups excluding carboxylic acids is 1. The molecule has 2 aromatic rings. The zero-order valence-corrected chi connectivity index (χ0v) is 18.6. The lowest BCUT2D eigenvalue weighted by Gasteiger charge is -2.35. The molecule has 0 aliphatic heterocycles. The van der Waals surface area contributed by atoms with Gasteiger partial charge in [0, 0.05) is 5.56 Å². The van der Waals surface area contributed by atoms with Crippen LogP contribution in [-0.4, -0.2) is 29.8 Å². The Labute approximate surface area is 162 Å². The predicted molar refractivity (Wildman–Crippen MR) is 109 cm³/mol. The molecule has 0 amide bonds. The van der Waals surface area contributed by atoms with Crippen LogP contribution in [0.25, 0.3) is 11.3 Å². The molecule has 0 unspecified atom stereocenters. The van der Waals surface area contributed by atoms with Gasteiger partial charge in [-0.25, -0.2) is 4.79 Å². The molecule has 0 saturated heterocycles. The number of aromatic nitrogens is 1. The summed E-state index contributed by atoms with van der Waals surface area (Å²) in [5.41, 5.74) is 2.20. The first-order valence-corrected chi connectivity index (χ1v) is 12.2. The van der Waals surface area contributed by atoms with Crippen molar-refractivity contribution in [3.05, 3.63) is 41.2 Å². The summed E-state index contributed by atoms with van der Waals surface area (Å²) in [6.45, 7) is 15.3. The third kappa shape index (κ3) is 5.08. The maximum atomic E-state index is 12.6. The van der Waals surface area contributed by atoms with Gasteiger partial charge in [0.25, 0.3) is 0 Å². The van der Waals surface area contributed by atoms with Crippen molar-refractivity contribution in [2.75, 3.05) is 0 Å². The van der Waals surface area contributed by atoms with Crippen LogP contribution in [-0.2, 0) is 11.2 Å². The van der Waals surface area contributed by atoms with Crippen LogP contribution in [0.15, 0.2) is 28.8 Å². The summed E-state index contributed by atoms with van der Waals surface area (Å²) in [5.74, 6) is 0.00646. The van der Waals surface area contributed by atoms with Gasteiger partial charge in [0.15, 0.2) is 8.32 Å². The highest BCUT2D eigenvalue weighted by molar-refractivity contribution is 6.72. The molecule has 0 fully saturated rings. The van der Waals surface area contributed by atoms with Crippen LogP contribution < -0.4 is 0 Å². The zero-order chi connectivity index (χ0) is 20.6. The van der Waals surface area contributed by atoms with Crippen LogP contribution in [0.3, 0.4) is 0 Å². The molecule has 2 rings (SSSR count). The van der Waals surface area contributed by atoms with E-state index in [1.165, 1.54) is 0 Å². The number of esters is 1. The minimum atomic E-state index is -2.28. The topological polar surface area (TPSA) is 72.6 Å². The summed E-state index contributed by atoms with van der Waals surface area (Å²) < 4.78 is 10.8. The molecule has 0 atom stereocenters. The van der Waals surface area contributed by atoms with E-state index in [0.29, 0.717) is 17.0 Å². The molecular formula is C21H31NO4Si. The van der Waals surface area contributed by atoms with Crippen LogP contribution in [0.5, 0.6) is 0 Å². The Kier molecular flexibility index (Phi) is 5.73. The molecule has 1 N–H and O–H groups in total. The Morgan fingerprint density at radius 3 is 2.19 bits per heavy atom. The van der Waals surface area contributed by atoms with E-state index in [1.54, 1.807) is 6.92 Å². The average molecular weight is 390 g/mol. The van der Waals surface area contributed by atoms with Crippen molar-refractivity contribution < 1.29 is 18.9 Å². The second kappa shape index (κ2) is 7.24. The highest BCUT2D eigenvalue weighted by Crippen LogP contribution is 2.39. The molecule has 0 aliphatic rings. The van der Waals surface area contributed by atoms with Crippen LogP contribution >= 0.6 is 0 Å². The molecule has 1 aromatic heterocycles. The Morgan fingerprint density at radius 1 is 1.15 bits per heavy atom. The van der Waals surface area contributed by atoms with Crippen LogP contribution in [0.2, 0.25) is 18.1 Å². The lowest BCUT2D eigenvalue weighted by Crippen LogP contribution is -2.40. The third-order valence-corrected chi connectivity index (χ3v) is 8.48. The lowest BCUT2D eigenvalue weighted by molar-refractivity contribution is 0.00686. The fourth-order valence-electron chi connectivity index (χ4n) is 2.65. The first-order chi connectivity index (χ1) is 12.2. The number of nitrogens with zero attached hydrogens (tertiary/aromatic N) is 1. The van der Waals surface area contributed by atoms with E-state index in [4.69, 9.17) is 9.26 Å². The Hall–Kier alpha value is -1.92. The zero-order valence-electron chi connectivity index (χ0n) is 17.6. The van der Waals surface area contributed by atoms with Gasteiger partial charge in [0.05, 0.1) is 0 Å². The Morgan fingerprint density at radius 2 is 1.70 bits per heavy atom. The SMILES string of the molecule is Cc1onc(-c2ccc(CC(C)(C)[Si](C)(C)O)cc2)c1C(=O)OC(C)(C)C. The number of rotatable bonds is 5. The maximum absolute atomic E-state index is 12.6. The van der Waals surface area contributed by atoms with Gasteiger partial charge in [-0.15, -0.1) is 0 Å². The minimum Gasteiger partial charge on any atom is -0.456 e.